The number of aliphatic hydroxyl groups is 1. The number of sulfonamides is 1. The quantitative estimate of drug-likeness (QED) is 0.772. The molecule has 2 unspecified atom stereocenters. The molecule has 1 aromatic heterocycles. The lowest BCUT2D eigenvalue weighted by atomic mass is 10.0. The van der Waals surface area contributed by atoms with Crippen LogP contribution >= 0.6 is 0 Å². The van der Waals surface area contributed by atoms with Crippen LogP contribution in [-0.4, -0.2) is 24.1 Å². The molecule has 0 aromatic carbocycles. The molecule has 0 fully saturated rings. The van der Waals surface area contributed by atoms with Gasteiger partial charge in [-0.2, -0.15) is 0 Å². The monoisotopic (exact) mass is 302 g/mol. The second kappa shape index (κ2) is 7.24. The zero-order valence-electron chi connectivity index (χ0n) is 12.8. The average Bonchev–Trinajstić information content (AvgIpc) is 2.81. The zero-order chi connectivity index (χ0) is 15.3. The molecule has 1 aromatic rings. The largest absolute Gasteiger partial charge is 0.390 e. The van der Waals surface area contributed by atoms with Crippen LogP contribution in [-0.2, 0) is 23.2 Å². The van der Waals surface area contributed by atoms with Crippen molar-refractivity contribution in [2.45, 2.75) is 64.6 Å². The maximum Gasteiger partial charge on any atom is 0.242 e. The second-order valence-corrected chi connectivity index (χ2v) is 7.03. The van der Waals surface area contributed by atoms with Crippen molar-refractivity contribution < 1.29 is 13.5 Å². The Morgan fingerprint density at radius 3 is 2.50 bits per heavy atom. The van der Waals surface area contributed by atoms with Gasteiger partial charge in [0, 0.05) is 24.5 Å². The number of hydrogen-bond donors (Lipinski definition) is 2. The summed E-state index contributed by atoms with van der Waals surface area (Å²) in [4.78, 5) is 0.227. The van der Waals surface area contributed by atoms with E-state index in [9.17, 15) is 13.5 Å². The first-order valence-corrected chi connectivity index (χ1v) is 8.66. The van der Waals surface area contributed by atoms with E-state index < -0.39 is 10.0 Å². The number of aromatic nitrogens is 1. The van der Waals surface area contributed by atoms with Gasteiger partial charge in [-0.15, -0.1) is 0 Å². The first-order valence-electron chi connectivity index (χ1n) is 7.17. The van der Waals surface area contributed by atoms with E-state index in [0.29, 0.717) is 12.2 Å². The highest BCUT2D eigenvalue weighted by atomic mass is 32.2. The number of rotatable bonds is 8. The van der Waals surface area contributed by atoms with E-state index in [-0.39, 0.29) is 23.5 Å². The molecule has 20 heavy (non-hydrogen) atoms. The number of hydrogen-bond acceptors (Lipinski definition) is 3. The molecular weight excluding hydrogens is 276 g/mol. The van der Waals surface area contributed by atoms with Gasteiger partial charge in [0.25, 0.3) is 0 Å². The molecule has 0 bridgehead atoms. The molecule has 0 aliphatic rings. The Morgan fingerprint density at radius 2 is 2.00 bits per heavy atom. The predicted molar refractivity (Wildman–Crippen MR) is 79.9 cm³/mol. The first kappa shape index (κ1) is 17.2. The summed E-state index contributed by atoms with van der Waals surface area (Å²) < 4.78 is 29.2. The van der Waals surface area contributed by atoms with Gasteiger partial charge in [-0.25, -0.2) is 13.1 Å². The Morgan fingerprint density at radius 1 is 1.35 bits per heavy atom. The fourth-order valence-corrected chi connectivity index (χ4v) is 3.45. The minimum absolute atomic E-state index is 0.114. The minimum Gasteiger partial charge on any atom is -0.390 e. The van der Waals surface area contributed by atoms with Crippen LogP contribution in [0, 0.1) is 5.92 Å². The zero-order valence-corrected chi connectivity index (χ0v) is 13.6. The molecule has 6 heteroatoms. The number of nitrogens with one attached hydrogen (secondary N) is 1. The summed E-state index contributed by atoms with van der Waals surface area (Å²) in [6.07, 6.45) is 3.40. The van der Waals surface area contributed by atoms with Crippen molar-refractivity contribution in [3.05, 3.63) is 18.0 Å². The molecule has 2 atom stereocenters. The van der Waals surface area contributed by atoms with Crippen LogP contribution in [0.3, 0.4) is 0 Å². The minimum atomic E-state index is -3.53. The normalized spacial score (nSPS) is 15.2. The lowest BCUT2D eigenvalue weighted by Gasteiger charge is -2.19. The third-order valence-electron chi connectivity index (χ3n) is 3.74. The molecule has 2 N–H and O–H groups in total. The van der Waals surface area contributed by atoms with E-state index in [0.717, 1.165) is 12.8 Å². The molecule has 0 aliphatic carbocycles. The molecule has 0 amide bonds. The third-order valence-corrected chi connectivity index (χ3v) is 5.26. The second-order valence-electron chi connectivity index (χ2n) is 5.31. The summed E-state index contributed by atoms with van der Waals surface area (Å²) in [6, 6.07) is 1.43. The van der Waals surface area contributed by atoms with E-state index in [1.165, 1.54) is 0 Å². The van der Waals surface area contributed by atoms with Gasteiger partial charge < -0.3 is 9.67 Å². The molecule has 116 valence electrons. The molecule has 0 saturated heterocycles. The highest BCUT2D eigenvalue weighted by molar-refractivity contribution is 7.89. The van der Waals surface area contributed by atoms with Gasteiger partial charge in [0.1, 0.15) is 0 Å². The van der Waals surface area contributed by atoms with E-state index in [2.05, 4.69) is 4.72 Å². The highest BCUT2D eigenvalue weighted by Gasteiger charge is 2.22. The topological polar surface area (TPSA) is 71.3 Å². The van der Waals surface area contributed by atoms with Gasteiger partial charge in [0.2, 0.25) is 10.0 Å². The van der Waals surface area contributed by atoms with E-state index in [1.807, 2.05) is 27.7 Å². The van der Waals surface area contributed by atoms with E-state index in [4.69, 9.17) is 0 Å². The van der Waals surface area contributed by atoms with Crippen LogP contribution in [0.5, 0.6) is 0 Å². The first-order chi connectivity index (χ1) is 9.35. The van der Waals surface area contributed by atoms with E-state index >= 15 is 0 Å². The summed E-state index contributed by atoms with van der Waals surface area (Å²) in [5.41, 5.74) is 0.628. The van der Waals surface area contributed by atoms with Crippen LogP contribution < -0.4 is 4.72 Å². The Bertz CT molecular complexity index is 523. The third kappa shape index (κ3) is 4.07. The fraction of sp³-hybridized carbons (Fsp3) is 0.714. The lowest BCUT2D eigenvalue weighted by Crippen LogP contribution is -2.36. The van der Waals surface area contributed by atoms with Crippen LogP contribution in [0.25, 0.3) is 0 Å². The maximum atomic E-state index is 12.3. The number of aliphatic hydroxyl groups excluding tert-OH is 1. The number of nitrogens with zero attached hydrogens (tertiary/aromatic N) is 1. The van der Waals surface area contributed by atoms with Gasteiger partial charge in [0.05, 0.1) is 11.5 Å². The highest BCUT2D eigenvalue weighted by Crippen LogP contribution is 2.17. The van der Waals surface area contributed by atoms with Gasteiger partial charge in [-0.3, -0.25) is 0 Å². The summed E-state index contributed by atoms with van der Waals surface area (Å²) in [5.74, 6) is 0.278. The Labute approximate surface area is 122 Å². The van der Waals surface area contributed by atoms with Crippen LogP contribution in [0.1, 0.15) is 46.2 Å². The number of aryl methyl sites for hydroxylation is 1. The van der Waals surface area contributed by atoms with E-state index in [1.54, 1.807) is 16.8 Å². The van der Waals surface area contributed by atoms with Crippen molar-refractivity contribution in [3.63, 3.8) is 0 Å². The van der Waals surface area contributed by atoms with Gasteiger partial charge in [-0.05, 0) is 25.3 Å². The standard InChI is InChI=1S/C14H26N2O3S/c1-5-7-16-9-14(8-13(16)10-17)20(18,19)15-12(4)11(3)6-2/h8-9,11-12,15,17H,5-7,10H2,1-4H3. The fourth-order valence-electron chi connectivity index (χ4n) is 2.04. The van der Waals surface area contributed by atoms with Crippen LogP contribution in [0.2, 0.25) is 0 Å². The molecule has 0 spiro atoms. The molecule has 0 saturated carbocycles. The Kier molecular flexibility index (Phi) is 6.23. The molecule has 0 aliphatic heterocycles. The summed E-state index contributed by atoms with van der Waals surface area (Å²) in [5, 5.41) is 9.30. The van der Waals surface area contributed by atoms with Gasteiger partial charge >= 0.3 is 0 Å². The van der Waals surface area contributed by atoms with Crippen molar-refractivity contribution in [2.24, 2.45) is 5.92 Å². The van der Waals surface area contributed by atoms with Crippen LogP contribution in [0.15, 0.2) is 17.2 Å². The van der Waals surface area contributed by atoms with Crippen molar-refractivity contribution >= 4 is 10.0 Å². The molecular formula is C14H26N2O3S. The van der Waals surface area contributed by atoms with Crippen molar-refractivity contribution in [2.75, 3.05) is 0 Å². The maximum absolute atomic E-state index is 12.3. The molecule has 0 radical (unpaired) electrons. The molecule has 5 nitrogen and oxygen atoms in total. The summed E-state index contributed by atoms with van der Waals surface area (Å²) >= 11 is 0. The van der Waals surface area contributed by atoms with Crippen LogP contribution in [0.4, 0.5) is 0 Å². The SMILES string of the molecule is CCCn1cc(S(=O)(=O)NC(C)C(C)CC)cc1CO. The molecule has 1 heterocycles. The average molecular weight is 302 g/mol. The summed E-state index contributed by atoms with van der Waals surface area (Å²) in [6.45, 7) is 8.49. The molecule has 1 rings (SSSR count). The summed E-state index contributed by atoms with van der Waals surface area (Å²) in [7, 11) is -3.53. The van der Waals surface area contributed by atoms with Gasteiger partial charge in [-0.1, -0.05) is 27.2 Å². The Hall–Kier alpha value is -0.850. The van der Waals surface area contributed by atoms with Gasteiger partial charge in [0.15, 0.2) is 0 Å². The predicted octanol–water partition coefficient (Wildman–Crippen LogP) is 2.10. The van der Waals surface area contributed by atoms with Crippen molar-refractivity contribution in [1.29, 1.82) is 0 Å². The smallest absolute Gasteiger partial charge is 0.242 e. The van der Waals surface area contributed by atoms with Crippen molar-refractivity contribution in [3.8, 4) is 0 Å². The lowest BCUT2D eigenvalue weighted by molar-refractivity contribution is 0.270. The van der Waals surface area contributed by atoms with Crippen molar-refractivity contribution in [1.82, 2.24) is 9.29 Å². The Balaban J connectivity index is 2.98.